The van der Waals surface area contributed by atoms with Gasteiger partial charge in [-0.25, -0.2) is 4.98 Å². The summed E-state index contributed by atoms with van der Waals surface area (Å²) in [5.74, 6) is 0.261. The molecule has 1 heterocycles. The zero-order chi connectivity index (χ0) is 13.8. The molecule has 3 N–H and O–H groups in total. The van der Waals surface area contributed by atoms with Crippen molar-refractivity contribution in [3.8, 4) is 0 Å². The summed E-state index contributed by atoms with van der Waals surface area (Å²) in [6.07, 6.45) is 3.08. The zero-order valence-electron chi connectivity index (χ0n) is 10.4. The Labute approximate surface area is 114 Å². The molecule has 1 aromatic heterocycles. The lowest BCUT2D eigenvalue weighted by Crippen LogP contribution is -2.44. The van der Waals surface area contributed by atoms with Crippen molar-refractivity contribution in [2.24, 2.45) is 5.73 Å². The van der Waals surface area contributed by atoms with Gasteiger partial charge < -0.3 is 11.1 Å². The minimum atomic E-state index is -0.452. The molecule has 100 valence electrons. The minimum Gasteiger partial charge on any atom is -0.358 e. The van der Waals surface area contributed by atoms with Crippen LogP contribution >= 0.6 is 15.9 Å². The van der Waals surface area contributed by atoms with E-state index < -0.39 is 4.92 Å². The fourth-order valence-electron chi connectivity index (χ4n) is 1.68. The van der Waals surface area contributed by atoms with Crippen LogP contribution in [0.1, 0.15) is 26.7 Å². The number of anilines is 1. The smallest absolute Gasteiger partial charge is 0.312 e. The van der Waals surface area contributed by atoms with Crippen molar-refractivity contribution in [1.82, 2.24) is 4.98 Å². The number of nitrogens with two attached hydrogens (primary N) is 1. The van der Waals surface area contributed by atoms with Crippen LogP contribution in [-0.4, -0.2) is 22.0 Å². The molecule has 0 aliphatic heterocycles. The molecule has 0 aliphatic carbocycles. The average molecular weight is 317 g/mol. The van der Waals surface area contributed by atoms with Gasteiger partial charge in [0.25, 0.3) is 0 Å². The van der Waals surface area contributed by atoms with Crippen molar-refractivity contribution in [2.45, 2.75) is 32.2 Å². The number of hydrogen-bond donors (Lipinski definition) is 2. The summed E-state index contributed by atoms with van der Waals surface area (Å²) in [5.41, 5.74) is 5.36. The number of hydrogen-bond acceptors (Lipinski definition) is 5. The summed E-state index contributed by atoms with van der Waals surface area (Å²) in [7, 11) is 0. The van der Waals surface area contributed by atoms with Crippen LogP contribution < -0.4 is 11.1 Å². The zero-order valence-corrected chi connectivity index (χ0v) is 12.0. The molecule has 7 heteroatoms. The molecule has 0 amide bonds. The van der Waals surface area contributed by atoms with Gasteiger partial charge in [0.2, 0.25) is 5.82 Å². The van der Waals surface area contributed by atoms with Gasteiger partial charge in [-0.3, -0.25) is 10.1 Å². The molecule has 0 saturated carbocycles. The third-order valence-corrected chi connectivity index (χ3v) is 3.59. The molecule has 1 aromatic rings. The Balaban J connectivity index is 3.13. The van der Waals surface area contributed by atoms with Crippen LogP contribution in [0.2, 0.25) is 0 Å². The second-order valence-corrected chi connectivity index (χ2v) is 5.01. The number of nitrogens with zero attached hydrogens (tertiary/aromatic N) is 2. The van der Waals surface area contributed by atoms with E-state index in [1.165, 1.54) is 12.3 Å². The fourth-order valence-corrected chi connectivity index (χ4v) is 2.00. The van der Waals surface area contributed by atoms with Gasteiger partial charge in [-0.15, -0.1) is 0 Å². The molecule has 0 atom stereocenters. The summed E-state index contributed by atoms with van der Waals surface area (Å²) in [6.45, 7) is 4.39. The van der Waals surface area contributed by atoms with E-state index in [1.54, 1.807) is 0 Å². The predicted molar refractivity (Wildman–Crippen MR) is 74.6 cm³/mol. The highest BCUT2D eigenvalue weighted by atomic mass is 79.9. The number of rotatable bonds is 6. The summed E-state index contributed by atoms with van der Waals surface area (Å²) in [6, 6.07) is 1.43. The molecule has 0 spiro atoms. The van der Waals surface area contributed by atoms with E-state index in [9.17, 15) is 10.1 Å². The van der Waals surface area contributed by atoms with Gasteiger partial charge in [-0.05, 0) is 28.8 Å². The Hall–Kier alpha value is -1.21. The maximum atomic E-state index is 11.0. The molecular formula is C11H17BrN4O2. The monoisotopic (exact) mass is 316 g/mol. The van der Waals surface area contributed by atoms with Gasteiger partial charge in [0.15, 0.2) is 0 Å². The van der Waals surface area contributed by atoms with Crippen LogP contribution in [0.5, 0.6) is 0 Å². The van der Waals surface area contributed by atoms with Crippen LogP contribution in [0.4, 0.5) is 11.5 Å². The molecule has 0 unspecified atom stereocenters. The van der Waals surface area contributed by atoms with E-state index in [0.717, 1.165) is 12.8 Å². The Morgan fingerprint density at radius 2 is 2.17 bits per heavy atom. The first-order valence-corrected chi connectivity index (χ1v) is 6.55. The van der Waals surface area contributed by atoms with Crippen LogP contribution in [0, 0.1) is 10.1 Å². The Morgan fingerprint density at radius 3 is 2.61 bits per heavy atom. The van der Waals surface area contributed by atoms with Gasteiger partial charge >= 0.3 is 5.69 Å². The topological polar surface area (TPSA) is 94.1 Å². The molecule has 0 bridgehead atoms. The number of nitro groups is 1. The highest BCUT2D eigenvalue weighted by Gasteiger charge is 2.28. The third kappa shape index (κ3) is 3.17. The quantitative estimate of drug-likeness (QED) is 0.621. The van der Waals surface area contributed by atoms with Gasteiger partial charge in [0.1, 0.15) is 0 Å². The third-order valence-electron chi connectivity index (χ3n) is 3.16. The van der Waals surface area contributed by atoms with E-state index in [-0.39, 0.29) is 17.0 Å². The maximum absolute atomic E-state index is 11.0. The standard InChI is InChI=1S/C11H17BrN4O2/c1-3-11(4-2,7-13)15-10-9(16(17)18)5-8(12)6-14-10/h5-6H,3-4,7,13H2,1-2H3,(H,14,15). The normalized spacial score (nSPS) is 11.3. The molecule has 18 heavy (non-hydrogen) atoms. The van der Waals surface area contributed by atoms with Crippen molar-refractivity contribution in [1.29, 1.82) is 0 Å². The van der Waals surface area contributed by atoms with Crippen molar-refractivity contribution in [2.75, 3.05) is 11.9 Å². The summed E-state index contributed by atoms with van der Waals surface area (Å²) < 4.78 is 0.575. The molecule has 0 radical (unpaired) electrons. The van der Waals surface area contributed by atoms with Crippen molar-refractivity contribution >= 4 is 27.4 Å². The number of aromatic nitrogens is 1. The van der Waals surface area contributed by atoms with Crippen LogP contribution in [0.15, 0.2) is 16.7 Å². The fraction of sp³-hybridized carbons (Fsp3) is 0.545. The van der Waals surface area contributed by atoms with Gasteiger partial charge in [0, 0.05) is 23.3 Å². The molecule has 1 rings (SSSR count). The second kappa shape index (κ2) is 6.10. The maximum Gasteiger partial charge on any atom is 0.312 e. The van der Waals surface area contributed by atoms with E-state index in [4.69, 9.17) is 5.73 Å². The number of pyridine rings is 1. The van der Waals surface area contributed by atoms with Crippen molar-refractivity contribution < 1.29 is 4.92 Å². The van der Waals surface area contributed by atoms with Crippen LogP contribution in [0.25, 0.3) is 0 Å². The molecule has 0 aliphatic rings. The van der Waals surface area contributed by atoms with E-state index in [0.29, 0.717) is 11.0 Å². The Kier molecular flexibility index (Phi) is 5.03. The largest absolute Gasteiger partial charge is 0.358 e. The lowest BCUT2D eigenvalue weighted by molar-refractivity contribution is -0.384. The van der Waals surface area contributed by atoms with E-state index in [2.05, 4.69) is 26.2 Å². The molecular weight excluding hydrogens is 300 g/mol. The molecule has 0 fully saturated rings. The highest BCUT2D eigenvalue weighted by molar-refractivity contribution is 9.10. The van der Waals surface area contributed by atoms with E-state index >= 15 is 0 Å². The van der Waals surface area contributed by atoms with Gasteiger partial charge in [0.05, 0.1) is 10.5 Å². The minimum absolute atomic E-state index is 0.0518. The van der Waals surface area contributed by atoms with Gasteiger partial charge in [-0.1, -0.05) is 13.8 Å². The summed E-state index contributed by atoms with van der Waals surface area (Å²) >= 11 is 3.18. The Bertz CT molecular complexity index is 427. The first-order chi connectivity index (χ1) is 8.48. The second-order valence-electron chi connectivity index (χ2n) is 4.09. The molecule has 0 aromatic carbocycles. The predicted octanol–water partition coefficient (Wildman–Crippen LogP) is 2.68. The highest BCUT2D eigenvalue weighted by Crippen LogP contribution is 2.29. The van der Waals surface area contributed by atoms with Crippen molar-refractivity contribution in [3.63, 3.8) is 0 Å². The first-order valence-electron chi connectivity index (χ1n) is 5.76. The van der Waals surface area contributed by atoms with E-state index in [1.807, 2.05) is 13.8 Å². The first kappa shape index (κ1) is 14.8. The van der Waals surface area contributed by atoms with Crippen LogP contribution in [0.3, 0.4) is 0 Å². The van der Waals surface area contributed by atoms with Crippen molar-refractivity contribution in [3.05, 3.63) is 26.9 Å². The number of halogens is 1. The lowest BCUT2D eigenvalue weighted by Gasteiger charge is -2.31. The average Bonchev–Trinajstić information content (AvgIpc) is 2.37. The summed E-state index contributed by atoms with van der Waals surface area (Å²) in [5, 5.41) is 14.1. The number of nitrogens with one attached hydrogen (secondary N) is 1. The molecule has 6 nitrogen and oxygen atoms in total. The SMILES string of the molecule is CCC(CC)(CN)Nc1ncc(Br)cc1[N+](=O)[O-]. The van der Waals surface area contributed by atoms with Crippen LogP contribution in [-0.2, 0) is 0 Å². The molecule has 0 saturated heterocycles. The van der Waals surface area contributed by atoms with Gasteiger partial charge in [-0.2, -0.15) is 0 Å². The summed E-state index contributed by atoms with van der Waals surface area (Å²) in [4.78, 5) is 14.6. The Morgan fingerprint density at radius 1 is 1.56 bits per heavy atom. The lowest BCUT2D eigenvalue weighted by atomic mass is 9.93.